The van der Waals surface area contributed by atoms with Crippen LogP contribution in [-0.2, 0) is 12.8 Å². The van der Waals surface area contributed by atoms with Crippen LogP contribution in [0.15, 0.2) is 63.8 Å². The molecule has 0 aliphatic rings. The first kappa shape index (κ1) is 13.4. The fourth-order valence-corrected chi connectivity index (χ4v) is 2.40. The Kier molecular flexibility index (Phi) is 3.73. The van der Waals surface area contributed by atoms with Gasteiger partial charge in [-0.3, -0.25) is 4.79 Å². The topological polar surface area (TPSA) is 39.4 Å². The summed E-state index contributed by atoms with van der Waals surface area (Å²) in [6.45, 7) is 0. The molecule has 0 atom stereocenters. The third-order valence-electron chi connectivity index (χ3n) is 3.49. The van der Waals surface area contributed by atoms with Crippen molar-refractivity contribution < 1.29 is 9.15 Å². The molecule has 0 bridgehead atoms. The fraction of sp³-hybridized carbons (Fsp3) is 0.167. The maximum Gasteiger partial charge on any atom is 0.193 e. The zero-order valence-electron chi connectivity index (χ0n) is 11.8. The Balaban J connectivity index is 1.95. The molecule has 106 valence electrons. The van der Waals surface area contributed by atoms with Crippen molar-refractivity contribution in [3.8, 4) is 5.75 Å². The highest BCUT2D eigenvalue weighted by Gasteiger charge is 2.09. The first-order chi connectivity index (χ1) is 10.3. The van der Waals surface area contributed by atoms with Crippen LogP contribution in [0, 0.1) is 0 Å². The van der Waals surface area contributed by atoms with Crippen molar-refractivity contribution in [1.29, 1.82) is 0 Å². The summed E-state index contributed by atoms with van der Waals surface area (Å²) in [5, 5.41) is 0.554. The summed E-state index contributed by atoms with van der Waals surface area (Å²) >= 11 is 0. The van der Waals surface area contributed by atoms with Crippen molar-refractivity contribution in [2.45, 2.75) is 12.8 Å². The summed E-state index contributed by atoms with van der Waals surface area (Å²) in [5.74, 6) is 1.27. The van der Waals surface area contributed by atoms with Crippen molar-refractivity contribution in [3.05, 3.63) is 76.1 Å². The van der Waals surface area contributed by atoms with Gasteiger partial charge in [-0.25, -0.2) is 0 Å². The van der Waals surface area contributed by atoms with Crippen LogP contribution in [0.5, 0.6) is 5.75 Å². The molecule has 3 aromatic rings. The van der Waals surface area contributed by atoms with Crippen LogP contribution in [0.1, 0.15) is 11.3 Å². The molecule has 3 rings (SSSR count). The Bertz CT molecular complexity index is 804. The second-order valence-corrected chi connectivity index (χ2v) is 4.90. The molecule has 0 fully saturated rings. The first-order valence-corrected chi connectivity index (χ1v) is 6.91. The summed E-state index contributed by atoms with van der Waals surface area (Å²) < 4.78 is 11.1. The minimum absolute atomic E-state index is 0.0294. The molecule has 0 unspecified atom stereocenters. The van der Waals surface area contributed by atoms with Gasteiger partial charge < -0.3 is 9.15 Å². The van der Waals surface area contributed by atoms with Gasteiger partial charge in [0.05, 0.1) is 12.5 Å². The Morgan fingerprint density at radius 2 is 1.81 bits per heavy atom. The molecule has 0 N–H and O–H groups in total. The molecule has 0 radical (unpaired) electrons. The Morgan fingerprint density at radius 3 is 2.57 bits per heavy atom. The van der Waals surface area contributed by atoms with E-state index in [4.69, 9.17) is 9.15 Å². The third kappa shape index (κ3) is 2.82. The number of hydrogen-bond donors (Lipinski definition) is 0. The summed E-state index contributed by atoms with van der Waals surface area (Å²) in [4.78, 5) is 12.2. The second kappa shape index (κ2) is 5.83. The molecule has 0 saturated heterocycles. The quantitative estimate of drug-likeness (QED) is 0.733. The third-order valence-corrected chi connectivity index (χ3v) is 3.49. The lowest BCUT2D eigenvalue weighted by Crippen LogP contribution is -2.04. The number of ether oxygens (including phenoxy) is 1. The Hall–Kier alpha value is -2.55. The molecule has 0 aliphatic heterocycles. The lowest BCUT2D eigenvalue weighted by molar-refractivity contribution is 0.405. The Labute approximate surface area is 122 Å². The van der Waals surface area contributed by atoms with Gasteiger partial charge in [0.2, 0.25) is 0 Å². The van der Waals surface area contributed by atoms with Gasteiger partial charge in [0.15, 0.2) is 16.8 Å². The fourth-order valence-electron chi connectivity index (χ4n) is 2.40. The predicted molar refractivity (Wildman–Crippen MR) is 82.9 cm³/mol. The van der Waals surface area contributed by atoms with Gasteiger partial charge >= 0.3 is 0 Å². The van der Waals surface area contributed by atoms with Gasteiger partial charge in [-0.15, -0.1) is 0 Å². The second-order valence-electron chi connectivity index (χ2n) is 4.90. The van der Waals surface area contributed by atoms with Crippen LogP contribution >= 0.6 is 0 Å². The standard InChI is InChI=1S/C18H16O3/c1-20-17-9-5-8-15-16(19)12-14(21-18(15)17)11-10-13-6-3-2-4-7-13/h2-9,12H,10-11H2,1H3. The number of fused-ring (bicyclic) bond motifs is 1. The van der Waals surface area contributed by atoms with Crippen molar-refractivity contribution in [1.82, 2.24) is 0 Å². The molecule has 1 aromatic heterocycles. The largest absolute Gasteiger partial charge is 0.493 e. The maximum atomic E-state index is 12.2. The van der Waals surface area contributed by atoms with Crippen LogP contribution in [0.3, 0.4) is 0 Å². The van der Waals surface area contributed by atoms with Crippen LogP contribution in [0.2, 0.25) is 0 Å². The van der Waals surface area contributed by atoms with Crippen molar-refractivity contribution in [2.24, 2.45) is 0 Å². The van der Waals surface area contributed by atoms with Crippen molar-refractivity contribution >= 4 is 11.0 Å². The minimum atomic E-state index is -0.0294. The van der Waals surface area contributed by atoms with Crippen LogP contribution in [0.25, 0.3) is 11.0 Å². The Morgan fingerprint density at radius 1 is 1.00 bits per heavy atom. The predicted octanol–water partition coefficient (Wildman–Crippen LogP) is 3.59. The molecule has 0 spiro atoms. The molecule has 2 aromatic carbocycles. The molecule has 0 aliphatic carbocycles. The molecule has 0 saturated carbocycles. The number of aryl methyl sites for hydroxylation is 2. The van der Waals surface area contributed by atoms with Gasteiger partial charge in [-0.1, -0.05) is 36.4 Å². The minimum Gasteiger partial charge on any atom is -0.493 e. The summed E-state index contributed by atoms with van der Waals surface area (Å²) in [5.41, 5.74) is 1.72. The first-order valence-electron chi connectivity index (χ1n) is 6.91. The summed E-state index contributed by atoms with van der Waals surface area (Å²) in [7, 11) is 1.57. The number of rotatable bonds is 4. The van der Waals surface area contributed by atoms with E-state index in [0.717, 1.165) is 6.42 Å². The van der Waals surface area contributed by atoms with E-state index >= 15 is 0 Å². The highest BCUT2D eigenvalue weighted by atomic mass is 16.5. The van der Waals surface area contributed by atoms with Crippen LogP contribution < -0.4 is 10.2 Å². The van der Waals surface area contributed by atoms with Crippen molar-refractivity contribution in [2.75, 3.05) is 7.11 Å². The van der Waals surface area contributed by atoms with Gasteiger partial charge in [0, 0.05) is 12.5 Å². The SMILES string of the molecule is COc1cccc2c(=O)cc(CCc3ccccc3)oc12. The zero-order valence-corrected chi connectivity index (χ0v) is 11.8. The average Bonchev–Trinajstić information content (AvgIpc) is 2.53. The van der Waals surface area contributed by atoms with Crippen LogP contribution in [-0.4, -0.2) is 7.11 Å². The molecule has 3 heteroatoms. The summed E-state index contributed by atoms with van der Waals surface area (Å²) in [6.07, 6.45) is 1.53. The monoisotopic (exact) mass is 280 g/mol. The van der Waals surface area contributed by atoms with Crippen LogP contribution in [0.4, 0.5) is 0 Å². The molecule has 1 heterocycles. The van der Waals surface area contributed by atoms with E-state index in [-0.39, 0.29) is 5.43 Å². The van der Waals surface area contributed by atoms with E-state index < -0.39 is 0 Å². The van der Waals surface area contributed by atoms with Gasteiger partial charge in [-0.2, -0.15) is 0 Å². The molecular weight excluding hydrogens is 264 g/mol. The number of benzene rings is 2. The molecular formula is C18H16O3. The van der Waals surface area contributed by atoms with Crippen molar-refractivity contribution in [3.63, 3.8) is 0 Å². The van der Waals surface area contributed by atoms with Gasteiger partial charge in [0.25, 0.3) is 0 Å². The number of para-hydroxylation sites is 1. The average molecular weight is 280 g/mol. The highest BCUT2D eigenvalue weighted by Crippen LogP contribution is 2.24. The molecule has 21 heavy (non-hydrogen) atoms. The highest BCUT2D eigenvalue weighted by molar-refractivity contribution is 5.82. The van der Waals surface area contributed by atoms with E-state index in [1.54, 1.807) is 31.4 Å². The zero-order chi connectivity index (χ0) is 14.7. The maximum absolute atomic E-state index is 12.2. The lowest BCUT2D eigenvalue weighted by Gasteiger charge is -2.06. The van der Waals surface area contributed by atoms with Gasteiger partial charge in [-0.05, 0) is 24.1 Å². The summed E-state index contributed by atoms with van der Waals surface area (Å²) in [6, 6.07) is 17.1. The normalized spacial score (nSPS) is 10.7. The number of methoxy groups -OCH3 is 1. The van der Waals surface area contributed by atoms with Gasteiger partial charge in [0.1, 0.15) is 5.76 Å². The van der Waals surface area contributed by atoms with E-state index in [0.29, 0.717) is 28.9 Å². The lowest BCUT2D eigenvalue weighted by atomic mass is 10.1. The number of hydrogen-bond acceptors (Lipinski definition) is 3. The van der Waals surface area contributed by atoms with E-state index in [1.165, 1.54) is 5.56 Å². The smallest absolute Gasteiger partial charge is 0.193 e. The van der Waals surface area contributed by atoms with E-state index in [9.17, 15) is 4.79 Å². The van der Waals surface area contributed by atoms with E-state index in [2.05, 4.69) is 12.1 Å². The molecule has 0 amide bonds. The molecule has 3 nitrogen and oxygen atoms in total. The van der Waals surface area contributed by atoms with E-state index in [1.807, 2.05) is 18.2 Å².